The van der Waals surface area contributed by atoms with Crippen LogP contribution >= 0.6 is 11.3 Å². The molecule has 234 valence electrons. The highest BCUT2D eigenvalue weighted by Gasteiger charge is 2.20. The molecular formula is C46H29N3S. The van der Waals surface area contributed by atoms with Crippen LogP contribution in [0, 0.1) is 0 Å². The number of fused-ring (bicyclic) bond motifs is 6. The lowest BCUT2D eigenvalue weighted by atomic mass is 10.0. The van der Waals surface area contributed by atoms with Crippen LogP contribution in [0.5, 0.6) is 0 Å². The molecule has 0 N–H and O–H groups in total. The molecule has 3 nitrogen and oxygen atoms in total. The van der Waals surface area contributed by atoms with E-state index in [1.54, 1.807) is 17.4 Å². The summed E-state index contributed by atoms with van der Waals surface area (Å²) >= 11 is 1.59. The monoisotopic (exact) mass is 667 g/mol. The minimum atomic E-state index is -0.700. The van der Waals surface area contributed by atoms with Gasteiger partial charge in [-0.2, -0.15) is 0 Å². The Bertz CT molecular complexity index is 3540. The van der Waals surface area contributed by atoms with Crippen molar-refractivity contribution >= 4 is 53.3 Å². The molecule has 0 spiro atoms. The number of para-hydroxylation sites is 3. The summed E-state index contributed by atoms with van der Waals surface area (Å²) in [6, 6.07) is 25.5. The maximum absolute atomic E-state index is 9.56. The molecule has 0 saturated heterocycles. The zero-order valence-corrected chi connectivity index (χ0v) is 26.9. The second kappa shape index (κ2) is 11.7. The van der Waals surface area contributed by atoms with Crippen molar-refractivity contribution in [1.82, 2.24) is 14.5 Å². The number of rotatable bonds is 5. The Hall–Kier alpha value is -6.36. The van der Waals surface area contributed by atoms with E-state index < -0.39 is 78.2 Å². The average molecular weight is 668 g/mol. The molecule has 10 rings (SSSR count). The highest BCUT2D eigenvalue weighted by molar-refractivity contribution is 7.26. The van der Waals surface area contributed by atoms with Gasteiger partial charge in [0, 0.05) is 53.3 Å². The molecule has 7 aromatic carbocycles. The molecule has 0 amide bonds. The molecule has 0 fully saturated rings. The first kappa shape index (κ1) is 19.0. The molecule has 0 bridgehead atoms. The topological polar surface area (TPSA) is 30.7 Å². The highest BCUT2D eigenvalue weighted by Crippen LogP contribution is 2.42. The second-order valence-electron chi connectivity index (χ2n) is 11.7. The van der Waals surface area contributed by atoms with Gasteiger partial charge in [0.25, 0.3) is 0 Å². The molecule has 50 heavy (non-hydrogen) atoms. The molecule has 0 aliphatic carbocycles. The number of hydrogen-bond donors (Lipinski definition) is 0. The molecule has 0 aliphatic rings. The van der Waals surface area contributed by atoms with Crippen molar-refractivity contribution in [2.75, 3.05) is 0 Å². The van der Waals surface area contributed by atoms with Crippen molar-refractivity contribution in [3.63, 3.8) is 0 Å². The smallest absolute Gasteiger partial charge is 0.160 e. The SMILES string of the molecule is [2H]c1c([2H])c([2H])c(-n2c3c([2H])c([2H])c([2H])c([2H])c3c3c([2H])c([2H])c([2H])c(-c4cc(-c5cccc6c5sc5ccccc56)nc(-c5cccc(-c6ccccc6)c5)n4)c32)c([2H])c1[2H]. The van der Waals surface area contributed by atoms with Gasteiger partial charge in [-0.25, -0.2) is 9.97 Å². The Morgan fingerprint density at radius 3 is 2.10 bits per heavy atom. The quantitative estimate of drug-likeness (QED) is 0.183. The number of hydrogen-bond acceptors (Lipinski definition) is 3. The fraction of sp³-hybridized carbons (Fsp3) is 0. The number of benzene rings is 7. The van der Waals surface area contributed by atoms with E-state index in [-0.39, 0.29) is 38.9 Å². The van der Waals surface area contributed by atoms with E-state index in [1.165, 1.54) is 0 Å². The zero-order valence-electron chi connectivity index (χ0n) is 38.1. The maximum atomic E-state index is 9.56. The van der Waals surface area contributed by atoms with E-state index in [9.17, 15) is 2.74 Å². The summed E-state index contributed by atoms with van der Waals surface area (Å²) in [7, 11) is 0. The molecule has 0 saturated carbocycles. The lowest BCUT2D eigenvalue weighted by Gasteiger charge is -2.14. The number of nitrogens with zero attached hydrogens (tertiary/aromatic N) is 3. The predicted octanol–water partition coefficient (Wildman–Crippen LogP) is 12.6. The molecule has 0 radical (unpaired) electrons. The minimum Gasteiger partial charge on any atom is -0.309 e. The zero-order chi connectivity index (χ0) is 43.5. The summed E-state index contributed by atoms with van der Waals surface area (Å²) in [5.74, 6) is 0.233. The van der Waals surface area contributed by atoms with Crippen molar-refractivity contribution in [1.29, 1.82) is 0 Å². The van der Waals surface area contributed by atoms with Gasteiger partial charge < -0.3 is 4.57 Å². The highest BCUT2D eigenvalue weighted by atomic mass is 32.1. The van der Waals surface area contributed by atoms with Crippen molar-refractivity contribution in [3.05, 3.63) is 176 Å². The number of thiophene rings is 1. The fourth-order valence-corrected chi connectivity index (χ4v) is 7.82. The van der Waals surface area contributed by atoms with Crippen LogP contribution < -0.4 is 0 Å². The largest absolute Gasteiger partial charge is 0.309 e. The van der Waals surface area contributed by atoms with Crippen LogP contribution in [-0.2, 0) is 0 Å². The van der Waals surface area contributed by atoms with Gasteiger partial charge in [-0.3, -0.25) is 0 Å². The van der Waals surface area contributed by atoms with Gasteiger partial charge in [-0.15, -0.1) is 11.3 Å². The van der Waals surface area contributed by atoms with Gasteiger partial charge in [0.1, 0.15) is 0 Å². The van der Waals surface area contributed by atoms with Crippen molar-refractivity contribution in [3.8, 4) is 50.7 Å². The molecular weight excluding hydrogens is 627 g/mol. The Labute approximate surface area is 310 Å². The first-order valence-electron chi connectivity index (χ1n) is 21.9. The first-order chi connectivity index (χ1) is 29.8. The average Bonchev–Trinajstić information content (AvgIpc) is 3.85. The van der Waals surface area contributed by atoms with E-state index in [0.717, 1.165) is 41.4 Å². The molecule has 3 aromatic heterocycles. The number of aromatic nitrogens is 3. The normalized spacial score (nSPS) is 15.0. The van der Waals surface area contributed by atoms with Gasteiger partial charge in [-0.1, -0.05) is 139 Å². The van der Waals surface area contributed by atoms with Crippen LogP contribution in [0.25, 0.3) is 92.7 Å². The summed E-state index contributed by atoms with van der Waals surface area (Å²) < 4.78 is 110. The summed E-state index contributed by atoms with van der Waals surface area (Å²) in [6.45, 7) is 0. The van der Waals surface area contributed by atoms with E-state index in [1.807, 2.05) is 91.0 Å². The first-order valence-corrected chi connectivity index (χ1v) is 16.7. The molecule has 10 aromatic rings. The third-order valence-electron chi connectivity index (χ3n) is 8.81. The van der Waals surface area contributed by atoms with Crippen molar-refractivity contribution in [2.45, 2.75) is 0 Å². The standard InChI is InChI=1S/C46H29N3S/c1-3-14-30(15-4-1)31-16-11-17-32(28-31)46-47-40(29-41(48-46)39-25-13-23-37-35-21-8-10-27-43(35)50-45(37)39)38-24-12-22-36-34-20-7-9-26-42(34)49(44(36)38)33-18-5-2-6-19-33/h1-29H/i2D,5D,6D,7D,9D,12D,18D,19D,20D,22D,24D,26D. The van der Waals surface area contributed by atoms with Crippen LogP contribution in [0.3, 0.4) is 0 Å². The van der Waals surface area contributed by atoms with Gasteiger partial charge in [0.15, 0.2) is 5.82 Å². The van der Waals surface area contributed by atoms with Gasteiger partial charge in [-0.05, 0) is 47.5 Å². The van der Waals surface area contributed by atoms with E-state index in [0.29, 0.717) is 11.3 Å². The van der Waals surface area contributed by atoms with Crippen LogP contribution in [0.1, 0.15) is 16.4 Å². The lowest BCUT2D eigenvalue weighted by molar-refractivity contribution is 1.16. The third-order valence-corrected chi connectivity index (χ3v) is 10.0. The molecule has 0 atom stereocenters. The Kier molecular flexibility index (Phi) is 4.43. The lowest BCUT2D eigenvalue weighted by Crippen LogP contribution is -1.99. The van der Waals surface area contributed by atoms with Crippen LogP contribution in [-0.4, -0.2) is 14.5 Å². The van der Waals surface area contributed by atoms with Crippen LogP contribution in [0.4, 0.5) is 0 Å². The van der Waals surface area contributed by atoms with Gasteiger partial charge >= 0.3 is 0 Å². The van der Waals surface area contributed by atoms with Crippen molar-refractivity contribution in [2.24, 2.45) is 0 Å². The Balaban J connectivity index is 1.40. The maximum Gasteiger partial charge on any atom is 0.160 e. The van der Waals surface area contributed by atoms with Gasteiger partial charge in [0.2, 0.25) is 0 Å². The van der Waals surface area contributed by atoms with E-state index in [4.69, 9.17) is 23.7 Å². The van der Waals surface area contributed by atoms with Gasteiger partial charge in [0.05, 0.1) is 38.9 Å². The van der Waals surface area contributed by atoms with Crippen LogP contribution in [0.15, 0.2) is 176 Å². The van der Waals surface area contributed by atoms with Crippen LogP contribution in [0.2, 0.25) is 0 Å². The second-order valence-corrected chi connectivity index (χ2v) is 12.7. The third kappa shape index (κ3) is 4.65. The summed E-state index contributed by atoms with van der Waals surface area (Å²) in [4.78, 5) is 10.2. The summed E-state index contributed by atoms with van der Waals surface area (Å²) in [5.41, 5.74) is 2.69. The summed E-state index contributed by atoms with van der Waals surface area (Å²) in [5, 5.41) is 1.67. The van der Waals surface area contributed by atoms with Crippen molar-refractivity contribution < 1.29 is 16.4 Å². The molecule has 3 heterocycles. The minimum absolute atomic E-state index is 0.0726. The fourth-order valence-electron chi connectivity index (χ4n) is 6.59. The summed E-state index contributed by atoms with van der Waals surface area (Å²) in [6.07, 6.45) is 0. The predicted molar refractivity (Wildman–Crippen MR) is 211 cm³/mol. The Morgan fingerprint density at radius 2 is 1.20 bits per heavy atom. The van der Waals surface area contributed by atoms with E-state index in [2.05, 4.69) is 6.07 Å². The molecule has 4 heteroatoms. The Morgan fingerprint density at radius 1 is 0.500 bits per heavy atom. The van der Waals surface area contributed by atoms with E-state index >= 15 is 0 Å². The molecule has 0 unspecified atom stereocenters. The molecule has 0 aliphatic heterocycles.